The molecule has 0 aromatic rings. The van der Waals surface area contributed by atoms with Crippen molar-refractivity contribution in [1.29, 1.82) is 0 Å². The van der Waals surface area contributed by atoms with Gasteiger partial charge in [-0.15, -0.1) is 0 Å². The molecule has 0 saturated heterocycles. The maximum absolute atomic E-state index is 12.8. The fourth-order valence-electron chi connectivity index (χ4n) is 8.11. The number of hydrogen-bond acceptors (Lipinski definition) is 7. The number of hydrogen-bond donors (Lipinski definition) is 1. The molecule has 1 amide bonds. The van der Waals surface area contributed by atoms with Gasteiger partial charge in [0, 0.05) is 32.5 Å². The van der Waals surface area contributed by atoms with E-state index in [1.54, 1.807) is 11.9 Å². The van der Waals surface area contributed by atoms with Crippen LogP contribution in [0.3, 0.4) is 0 Å². The van der Waals surface area contributed by atoms with Crippen LogP contribution in [0.4, 0.5) is 0 Å². The van der Waals surface area contributed by atoms with Crippen molar-refractivity contribution in [2.75, 3.05) is 47.0 Å². The fourth-order valence-corrected chi connectivity index (χ4v) is 8.11. The molecule has 0 aliphatic rings. The SMILES string of the molecule is CCCCCCCC(CCCCC)CCC(=O)OCCCCCC(CCCCCOC(=O)CN(C)C(=O)CCC(CCCC)CCCCCC)N(C)CCCCO. The highest BCUT2D eigenvalue weighted by molar-refractivity contribution is 5.81. The maximum atomic E-state index is 12.8. The summed E-state index contributed by atoms with van der Waals surface area (Å²) in [5.74, 6) is 0.954. The Labute approximate surface area is 353 Å². The highest BCUT2D eigenvalue weighted by Gasteiger charge is 2.18. The second kappa shape index (κ2) is 41.1. The fraction of sp³-hybridized carbons (Fsp3) is 0.939. The Morgan fingerprint density at radius 2 is 0.912 bits per heavy atom. The van der Waals surface area contributed by atoms with Crippen molar-refractivity contribution in [1.82, 2.24) is 9.80 Å². The van der Waals surface area contributed by atoms with Crippen molar-refractivity contribution in [2.45, 2.75) is 239 Å². The molecule has 338 valence electrons. The third kappa shape index (κ3) is 34.9. The van der Waals surface area contributed by atoms with Crippen LogP contribution in [0.5, 0.6) is 0 Å². The molecule has 0 heterocycles. The van der Waals surface area contributed by atoms with E-state index < -0.39 is 0 Å². The lowest BCUT2D eigenvalue weighted by molar-refractivity contribution is -0.148. The number of esters is 2. The van der Waals surface area contributed by atoms with E-state index >= 15 is 0 Å². The number of ether oxygens (including phenoxy) is 2. The summed E-state index contributed by atoms with van der Waals surface area (Å²) in [7, 11) is 3.92. The Hall–Kier alpha value is -1.67. The molecule has 57 heavy (non-hydrogen) atoms. The minimum Gasteiger partial charge on any atom is -0.466 e. The maximum Gasteiger partial charge on any atom is 0.325 e. The Kier molecular flexibility index (Phi) is 39.9. The molecule has 0 aliphatic heterocycles. The number of carbonyl (C=O) groups excluding carboxylic acids is 3. The standard InChI is InChI=1S/C49H96N2O6/c1-7-11-15-17-22-32-45(30-20-13-9-3)36-38-48(54)56-41-27-18-23-33-46(50(5)39-25-26-40-52)34-24-19-28-42-57-49(55)43-51(6)47(53)37-35-44(29-14-10-4)31-21-16-12-8-2/h44-46,52H,7-43H2,1-6H3. The first kappa shape index (κ1) is 55.3. The van der Waals surface area contributed by atoms with E-state index in [-0.39, 0.29) is 31.0 Å². The van der Waals surface area contributed by atoms with Gasteiger partial charge in [0.15, 0.2) is 0 Å². The van der Waals surface area contributed by atoms with Crippen LogP contribution in [-0.4, -0.2) is 85.8 Å². The van der Waals surface area contributed by atoms with E-state index in [1.807, 2.05) is 0 Å². The molecule has 0 aliphatic carbocycles. The molecular weight excluding hydrogens is 713 g/mol. The van der Waals surface area contributed by atoms with Crippen LogP contribution < -0.4 is 0 Å². The van der Waals surface area contributed by atoms with Gasteiger partial charge in [0.05, 0.1) is 13.2 Å². The monoisotopic (exact) mass is 809 g/mol. The lowest BCUT2D eigenvalue weighted by Gasteiger charge is -2.28. The number of carbonyl (C=O) groups is 3. The zero-order valence-electron chi connectivity index (χ0n) is 38.8. The van der Waals surface area contributed by atoms with Crippen LogP contribution in [0.25, 0.3) is 0 Å². The van der Waals surface area contributed by atoms with Crippen molar-refractivity contribution in [3.8, 4) is 0 Å². The Morgan fingerprint density at radius 3 is 1.47 bits per heavy atom. The summed E-state index contributed by atoms with van der Waals surface area (Å²) in [6.45, 7) is 11.1. The van der Waals surface area contributed by atoms with Crippen molar-refractivity contribution in [3.05, 3.63) is 0 Å². The van der Waals surface area contributed by atoms with E-state index in [0.717, 1.165) is 83.6 Å². The van der Waals surface area contributed by atoms with Gasteiger partial charge >= 0.3 is 11.9 Å². The number of aliphatic hydroxyl groups excluding tert-OH is 1. The van der Waals surface area contributed by atoms with Crippen LogP contribution in [0.1, 0.15) is 233 Å². The number of rotatable bonds is 43. The number of unbranched alkanes of at least 4 members (excludes halogenated alkanes) is 15. The zero-order chi connectivity index (χ0) is 42.2. The minimum absolute atomic E-state index is 0.0215. The van der Waals surface area contributed by atoms with Gasteiger partial charge in [-0.05, 0) is 76.8 Å². The first-order chi connectivity index (χ1) is 27.7. The Morgan fingerprint density at radius 1 is 0.474 bits per heavy atom. The average molecular weight is 809 g/mol. The number of likely N-dealkylation sites (N-methyl/N-ethyl adjacent to an activating group) is 1. The van der Waals surface area contributed by atoms with Gasteiger partial charge in [-0.1, -0.05) is 169 Å². The summed E-state index contributed by atoms with van der Waals surface area (Å²) < 4.78 is 11.2. The lowest BCUT2D eigenvalue weighted by atomic mass is 9.90. The van der Waals surface area contributed by atoms with Gasteiger partial charge in [0.1, 0.15) is 6.54 Å². The first-order valence-corrected chi connectivity index (χ1v) is 24.6. The molecule has 0 bridgehead atoms. The van der Waals surface area contributed by atoms with E-state index in [1.165, 1.54) is 116 Å². The van der Waals surface area contributed by atoms with Gasteiger partial charge in [-0.2, -0.15) is 0 Å². The molecule has 0 spiro atoms. The molecule has 0 radical (unpaired) electrons. The summed E-state index contributed by atoms with van der Waals surface area (Å²) >= 11 is 0. The third-order valence-corrected chi connectivity index (χ3v) is 12.1. The molecule has 3 atom stereocenters. The number of nitrogens with zero attached hydrogens (tertiary/aromatic N) is 2. The minimum atomic E-state index is -0.320. The molecule has 0 rings (SSSR count). The summed E-state index contributed by atoms with van der Waals surface area (Å²) in [5, 5.41) is 9.28. The van der Waals surface area contributed by atoms with E-state index in [0.29, 0.717) is 43.9 Å². The van der Waals surface area contributed by atoms with Gasteiger partial charge < -0.3 is 24.4 Å². The first-order valence-electron chi connectivity index (χ1n) is 24.6. The van der Waals surface area contributed by atoms with Crippen molar-refractivity contribution in [2.24, 2.45) is 11.8 Å². The van der Waals surface area contributed by atoms with Crippen LogP contribution in [-0.2, 0) is 23.9 Å². The highest BCUT2D eigenvalue weighted by atomic mass is 16.5. The molecule has 1 N–H and O–H groups in total. The average Bonchev–Trinajstić information content (AvgIpc) is 3.20. The van der Waals surface area contributed by atoms with Crippen LogP contribution in [0.15, 0.2) is 0 Å². The second-order valence-corrected chi connectivity index (χ2v) is 17.5. The van der Waals surface area contributed by atoms with E-state index in [2.05, 4.69) is 39.6 Å². The second-order valence-electron chi connectivity index (χ2n) is 17.5. The predicted octanol–water partition coefficient (Wildman–Crippen LogP) is 12.6. The Balaban J connectivity index is 4.46. The lowest BCUT2D eigenvalue weighted by Crippen LogP contribution is -2.33. The molecular formula is C49H96N2O6. The molecule has 8 heteroatoms. The van der Waals surface area contributed by atoms with E-state index in [9.17, 15) is 19.5 Å². The summed E-state index contributed by atoms with van der Waals surface area (Å²) in [4.78, 5) is 41.9. The van der Waals surface area contributed by atoms with Gasteiger partial charge in [-0.3, -0.25) is 14.4 Å². The molecule has 0 aromatic heterocycles. The largest absolute Gasteiger partial charge is 0.466 e. The zero-order valence-corrected chi connectivity index (χ0v) is 38.8. The summed E-state index contributed by atoms with van der Waals surface area (Å²) in [6.07, 6.45) is 35.7. The predicted molar refractivity (Wildman–Crippen MR) is 240 cm³/mol. The topological polar surface area (TPSA) is 96.4 Å². The van der Waals surface area contributed by atoms with Crippen LogP contribution in [0, 0.1) is 11.8 Å². The number of aliphatic hydroxyl groups is 1. The highest BCUT2D eigenvalue weighted by Crippen LogP contribution is 2.24. The molecule has 0 fully saturated rings. The molecule has 3 unspecified atom stereocenters. The third-order valence-electron chi connectivity index (χ3n) is 12.1. The van der Waals surface area contributed by atoms with Crippen LogP contribution >= 0.6 is 0 Å². The molecule has 8 nitrogen and oxygen atoms in total. The summed E-state index contributed by atoms with van der Waals surface area (Å²) in [6, 6.07) is 0.470. The van der Waals surface area contributed by atoms with Crippen molar-refractivity contribution >= 4 is 17.8 Å². The van der Waals surface area contributed by atoms with Gasteiger partial charge in [0.2, 0.25) is 5.91 Å². The van der Waals surface area contributed by atoms with Crippen molar-refractivity contribution in [3.63, 3.8) is 0 Å². The molecule has 0 saturated carbocycles. The van der Waals surface area contributed by atoms with E-state index in [4.69, 9.17) is 9.47 Å². The summed E-state index contributed by atoms with van der Waals surface area (Å²) in [5.41, 5.74) is 0. The quantitative estimate of drug-likeness (QED) is 0.0484. The smallest absolute Gasteiger partial charge is 0.325 e. The van der Waals surface area contributed by atoms with Crippen LogP contribution in [0.2, 0.25) is 0 Å². The van der Waals surface area contributed by atoms with Gasteiger partial charge in [0.25, 0.3) is 0 Å². The van der Waals surface area contributed by atoms with Gasteiger partial charge in [-0.25, -0.2) is 0 Å². The normalized spacial score (nSPS) is 13.1. The van der Waals surface area contributed by atoms with Crippen molar-refractivity contribution < 1.29 is 29.0 Å². The number of amides is 1. The molecule has 0 aromatic carbocycles. The Bertz CT molecular complexity index is 916.